The summed E-state index contributed by atoms with van der Waals surface area (Å²) in [5.41, 5.74) is 0.828. The quantitative estimate of drug-likeness (QED) is 0.767. The zero-order valence-electron chi connectivity index (χ0n) is 12.2. The fourth-order valence-corrected chi connectivity index (χ4v) is 1.94. The number of nitrogens with one attached hydrogen (secondary N) is 2. The fourth-order valence-electron chi connectivity index (χ4n) is 1.75. The summed E-state index contributed by atoms with van der Waals surface area (Å²) in [6, 6.07) is 7.38. The van der Waals surface area contributed by atoms with Crippen LogP contribution < -0.4 is 10.6 Å². The molecule has 0 saturated carbocycles. The standard InChI is InChI=1S/C14H19ClN6/c1-21(2)8-4-7-16-13-10-17-20-14(19-13)18-12-6-3-5-11(15)9-12/h3,5-6,9-10H,4,7-8H2,1-2H3,(H2,16,18,19,20). The highest BCUT2D eigenvalue weighted by molar-refractivity contribution is 6.30. The van der Waals surface area contributed by atoms with E-state index in [4.69, 9.17) is 11.6 Å². The van der Waals surface area contributed by atoms with Crippen LogP contribution in [0.3, 0.4) is 0 Å². The van der Waals surface area contributed by atoms with Crippen LogP contribution in [0.4, 0.5) is 17.5 Å². The highest BCUT2D eigenvalue weighted by Gasteiger charge is 2.01. The van der Waals surface area contributed by atoms with E-state index in [9.17, 15) is 0 Å². The van der Waals surface area contributed by atoms with Crippen LogP contribution in [0.2, 0.25) is 5.02 Å². The minimum absolute atomic E-state index is 0.440. The monoisotopic (exact) mass is 306 g/mol. The number of hydrogen-bond acceptors (Lipinski definition) is 6. The van der Waals surface area contributed by atoms with Crippen LogP contribution in [0.1, 0.15) is 6.42 Å². The first kappa shape index (κ1) is 15.5. The highest BCUT2D eigenvalue weighted by Crippen LogP contribution is 2.18. The van der Waals surface area contributed by atoms with Crippen molar-refractivity contribution < 1.29 is 0 Å². The number of benzene rings is 1. The molecule has 7 heteroatoms. The van der Waals surface area contributed by atoms with Gasteiger partial charge in [-0.2, -0.15) is 10.1 Å². The van der Waals surface area contributed by atoms with E-state index < -0.39 is 0 Å². The summed E-state index contributed by atoms with van der Waals surface area (Å²) in [7, 11) is 4.11. The summed E-state index contributed by atoms with van der Waals surface area (Å²) in [5, 5.41) is 14.9. The van der Waals surface area contributed by atoms with Gasteiger partial charge in [0.25, 0.3) is 0 Å². The summed E-state index contributed by atoms with van der Waals surface area (Å²) in [6.07, 6.45) is 2.65. The van der Waals surface area contributed by atoms with E-state index in [-0.39, 0.29) is 0 Å². The molecule has 21 heavy (non-hydrogen) atoms. The Hall–Kier alpha value is -1.92. The van der Waals surface area contributed by atoms with Crippen molar-refractivity contribution in [1.82, 2.24) is 20.1 Å². The first-order valence-corrected chi connectivity index (χ1v) is 7.12. The van der Waals surface area contributed by atoms with Crippen molar-refractivity contribution >= 4 is 29.1 Å². The topological polar surface area (TPSA) is 66.0 Å². The molecule has 0 amide bonds. The lowest BCUT2D eigenvalue weighted by Crippen LogP contribution is -2.16. The van der Waals surface area contributed by atoms with Crippen molar-refractivity contribution in [2.24, 2.45) is 0 Å². The average molecular weight is 307 g/mol. The first-order valence-electron chi connectivity index (χ1n) is 6.74. The van der Waals surface area contributed by atoms with Crippen molar-refractivity contribution in [1.29, 1.82) is 0 Å². The van der Waals surface area contributed by atoms with Crippen molar-refractivity contribution in [3.63, 3.8) is 0 Å². The van der Waals surface area contributed by atoms with Gasteiger partial charge in [-0.05, 0) is 45.3 Å². The lowest BCUT2D eigenvalue weighted by molar-refractivity contribution is 0.405. The van der Waals surface area contributed by atoms with E-state index in [1.54, 1.807) is 6.20 Å². The lowest BCUT2D eigenvalue weighted by Gasteiger charge is -2.10. The molecular formula is C14H19ClN6. The Labute approximate surface area is 129 Å². The number of halogens is 1. The molecule has 0 aliphatic rings. The summed E-state index contributed by atoms with van der Waals surface area (Å²) in [6.45, 7) is 1.87. The van der Waals surface area contributed by atoms with Gasteiger partial charge in [-0.1, -0.05) is 17.7 Å². The van der Waals surface area contributed by atoms with Crippen LogP contribution in [0.15, 0.2) is 30.5 Å². The lowest BCUT2D eigenvalue weighted by atomic mass is 10.3. The Balaban J connectivity index is 1.91. The molecule has 112 valence electrons. The molecule has 0 unspecified atom stereocenters. The van der Waals surface area contributed by atoms with Gasteiger partial charge in [0.2, 0.25) is 5.95 Å². The van der Waals surface area contributed by atoms with Crippen LogP contribution >= 0.6 is 11.6 Å². The largest absolute Gasteiger partial charge is 0.369 e. The van der Waals surface area contributed by atoms with Crippen LogP contribution in [0, 0.1) is 0 Å². The molecule has 0 saturated heterocycles. The fraction of sp³-hybridized carbons (Fsp3) is 0.357. The third kappa shape index (κ3) is 5.53. The van der Waals surface area contributed by atoms with Crippen LogP contribution in [-0.4, -0.2) is 47.3 Å². The second-order valence-electron chi connectivity index (χ2n) is 4.88. The number of aromatic nitrogens is 3. The maximum Gasteiger partial charge on any atom is 0.249 e. The molecule has 2 rings (SSSR count). The normalized spacial score (nSPS) is 10.7. The maximum atomic E-state index is 5.94. The van der Waals surface area contributed by atoms with E-state index in [1.807, 2.05) is 24.3 Å². The maximum absolute atomic E-state index is 5.94. The molecule has 0 atom stereocenters. The average Bonchev–Trinajstić information content (AvgIpc) is 2.44. The first-order chi connectivity index (χ1) is 10.1. The Morgan fingerprint density at radius 3 is 2.90 bits per heavy atom. The summed E-state index contributed by atoms with van der Waals surface area (Å²) >= 11 is 5.94. The molecule has 1 heterocycles. The summed E-state index contributed by atoms with van der Waals surface area (Å²) < 4.78 is 0. The van der Waals surface area contributed by atoms with Gasteiger partial charge < -0.3 is 15.5 Å². The number of hydrogen-bond donors (Lipinski definition) is 2. The minimum atomic E-state index is 0.440. The second kappa shape index (κ2) is 7.75. The third-order valence-corrected chi connectivity index (χ3v) is 2.96. The molecule has 0 radical (unpaired) electrons. The number of anilines is 3. The molecule has 1 aromatic carbocycles. The van der Waals surface area contributed by atoms with E-state index in [0.29, 0.717) is 16.8 Å². The smallest absolute Gasteiger partial charge is 0.249 e. The molecule has 6 nitrogen and oxygen atoms in total. The minimum Gasteiger partial charge on any atom is -0.369 e. The molecule has 0 fully saturated rings. The second-order valence-corrected chi connectivity index (χ2v) is 5.32. The number of nitrogens with zero attached hydrogens (tertiary/aromatic N) is 4. The van der Waals surface area contributed by atoms with Crippen molar-refractivity contribution in [3.8, 4) is 0 Å². The van der Waals surface area contributed by atoms with Gasteiger partial charge >= 0.3 is 0 Å². The third-order valence-electron chi connectivity index (χ3n) is 2.73. The molecule has 0 aliphatic carbocycles. The van der Waals surface area contributed by atoms with E-state index in [1.165, 1.54) is 0 Å². The van der Waals surface area contributed by atoms with Crippen molar-refractivity contribution in [2.75, 3.05) is 37.8 Å². The van der Waals surface area contributed by atoms with Crippen LogP contribution in [-0.2, 0) is 0 Å². The summed E-state index contributed by atoms with van der Waals surface area (Å²) in [4.78, 5) is 6.51. The molecule has 0 bridgehead atoms. The van der Waals surface area contributed by atoms with Gasteiger partial charge in [-0.15, -0.1) is 5.10 Å². The predicted molar refractivity (Wildman–Crippen MR) is 86.2 cm³/mol. The van der Waals surface area contributed by atoms with E-state index in [0.717, 1.165) is 25.2 Å². The Bertz CT molecular complexity index is 575. The highest BCUT2D eigenvalue weighted by atomic mass is 35.5. The molecule has 0 spiro atoms. The molecule has 0 aliphatic heterocycles. The Kier molecular flexibility index (Phi) is 5.71. The van der Waals surface area contributed by atoms with Gasteiger partial charge in [0.15, 0.2) is 5.82 Å². The van der Waals surface area contributed by atoms with Gasteiger partial charge in [0.05, 0.1) is 6.20 Å². The van der Waals surface area contributed by atoms with Crippen LogP contribution in [0.5, 0.6) is 0 Å². The number of rotatable bonds is 7. The molecule has 2 aromatic rings. The molecular weight excluding hydrogens is 288 g/mol. The van der Waals surface area contributed by atoms with Crippen molar-refractivity contribution in [3.05, 3.63) is 35.5 Å². The van der Waals surface area contributed by atoms with E-state index in [2.05, 4.69) is 44.8 Å². The summed E-state index contributed by atoms with van der Waals surface area (Å²) in [5.74, 6) is 1.14. The zero-order valence-corrected chi connectivity index (χ0v) is 12.9. The SMILES string of the molecule is CN(C)CCCNc1cnnc(Nc2cccc(Cl)c2)n1. The predicted octanol–water partition coefficient (Wildman–Crippen LogP) is 2.63. The Morgan fingerprint density at radius 1 is 1.29 bits per heavy atom. The zero-order chi connectivity index (χ0) is 15.1. The van der Waals surface area contributed by atoms with Crippen molar-refractivity contribution in [2.45, 2.75) is 6.42 Å². The molecule has 1 aromatic heterocycles. The Morgan fingerprint density at radius 2 is 2.14 bits per heavy atom. The van der Waals surface area contributed by atoms with Gasteiger partial charge in [-0.25, -0.2) is 0 Å². The molecule has 2 N–H and O–H groups in total. The van der Waals surface area contributed by atoms with E-state index >= 15 is 0 Å². The van der Waals surface area contributed by atoms with Gasteiger partial charge in [0.1, 0.15) is 0 Å². The van der Waals surface area contributed by atoms with Gasteiger partial charge in [-0.3, -0.25) is 0 Å². The van der Waals surface area contributed by atoms with Gasteiger partial charge in [0, 0.05) is 17.3 Å². The van der Waals surface area contributed by atoms with Crippen LogP contribution in [0.25, 0.3) is 0 Å².